The Balaban J connectivity index is 1.81. The fraction of sp³-hybridized carbons (Fsp3) is 0.750. The van der Waals surface area contributed by atoms with Crippen LogP contribution in [0.5, 0.6) is 0 Å². The molecule has 4 nitrogen and oxygen atoms in total. The van der Waals surface area contributed by atoms with Crippen molar-refractivity contribution in [1.29, 1.82) is 0 Å². The van der Waals surface area contributed by atoms with Crippen LogP contribution in [0.25, 0.3) is 0 Å². The molecule has 0 aliphatic carbocycles. The van der Waals surface area contributed by atoms with E-state index in [0.717, 1.165) is 19.0 Å². The average Bonchev–Trinajstić information content (AvgIpc) is 2.63. The van der Waals surface area contributed by atoms with Crippen molar-refractivity contribution in [3.8, 4) is 0 Å². The van der Waals surface area contributed by atoms with E-state index in [-0.39, 0.29) is 0 Å². The van der Waals surface area contributed by atoms with Crippen LogP contribution in [-0.4, -0.2) is 33.8 Å². The Hall–Kier alpha value is -1.03. The SMILES string of the molecule is CC1CCN(CCn2ccc(N)n2)C(C)C1. The summed E-state index contributed by atoms with van der Waals surface area (Å²) in [5.74, 6) is 1.49. The molecular weight excluding hydrogens is 200 g/mol. The maximum absolute atomic E-state index is 5.59. The minimum absolute atomic E-state index is 0.611. The van der Waals surface area contributed by atoms with E-state index in [1.165, 1.54) is 19.4 Å². The van der Waals surface area contributed by atoms with Gasteiger partial charge in [-0.05, 0) is 38.3 Å². The topological polar surface area (TPSA) is 47.1 Å². The number of likely N-dealkylation sites (tertiary alicyclic amines) is 1. The minimum Gasteiger partial charge on any atom is -0.382 e. The summed E-state index contributed by atoms with van der Waals surface area (Å²) in [7, 11) is 0. The van der Waals surface area contributed by atoms with Crippen LogP contribution in [0.4, 0.5) is 5.82 Å². The van der Waals surface area contributed by atoms with E-state index >= 15 is 0 Å². The van der Waals surface area contributed by atoms with Gasteiger partial charge in [0.25, 0.3) is 0 Å². The highest BCUT2D eigenvalue weighted by Gasteiger charge is 2.22. The van der Waals surface area contributed by atoms with Gasteiger partial charge in [0.05, 0.1) is 6.54 Å². The quantitative estimate of drug-likeness (QED) is 0.844. The van der Waals surface area contributed by atoms with Crippen LogP contribution in [0.15, 0.2) is 12.3 Å². The average molecular weight is 222 g/mol. The first-order valence-corrected chi connectivity index (χ1v) is 6.18. The van der Waals surface area contributed by atoms with Crippen molar-refractivity contribution >= 4 is 5.82 Å². The molecule has 2 rings (SSSR count). The van der Waals surface area contributed by atoms with Crippen molar-refractivity contribution in [2.75, 3.05) is 18.8 Å². The molecule has 0 saturated carbocycles. The molecule has 2 atom stereocenters. The predicted octanol–water partition coefficient (Wildman–Crippen LogP) is 1.59. The fourth-order valence-corrected chi connectivity index (χ4v) is 2.52. The maximum Gasteiger partial charge on any atom is 0.145 e. The number of hydrogen-bond acceptors (Lipinski definition) is 3. The summed E-state index contributed by atoms with van der Waals surface area (Å²) in [4.78, 5) is 2.55. The van der Waals surface area contributed by atoms with Gasteiger partial charge in [-0.25, -0.2) is 0 Å². The first-order valence-electron chi connectivity index (χ1n) is 6.18. The summed E-state index contributed by atoms with van der Waals surface area (Å²) in [5, 5.41) is 4.20. The summed E-state index contributed by atoms with van der Waals surface area (Å²) in [6.45, 7) is 7.92. The second-order valence-corrected chi connectivity index (χ2v) is 5.02. The number of aromatic nitrogens is 2. The van der Waals surface area contributed by atoms with Gasteiger partial charge in [-0.2, -0.15) is 5.10 Å². The number of nitrogen functional groups attached to an aromatic ring is 1. The third-order valence-corrected chi connectivity index (χ3v) is 3.55. The second kappa shape index (κ2) is 4.87. The zero-order valence-corrected chi connectivity index (χ0v) is 10.3. The van der Waals surface area contributed by atoms with Gasteiger partial charge in [-0.1, -0.05) is 6.92 Å². The number of piperidine rings is 1. The largest absolute Gasteiger partial charge is 0.382 e. The molecule has 2 N–H and O–H groups in total. The van der Waals surface area contributed by atoms with Crippen LogP contribution >= 0.6 is 0 Å². The van der Waals surface area contributed by atoms with E-state index in [0.29, 0.717) is 11.9 Å². The summed E-state index contributed by atoms with van der Waals surface area (Å²) < 4.78 is 1.93. The minimum atomic E-state index is 0.611. The molecule has 0 radical (unpaired) electrons. The van der Waals surface area contributed by atoms with Gasteiger partial charge in [-0.15, -0.1) is 0 Å². The van der Waals surface area contributed by atoms with Crippen LogP contribution in [0.1, 0.15) is 26.7 Å². The molecule has 4 heteroatoms. The van der Waals surface area contributed by atoms with Crippen LogP contribution in [0.3, 0.4) is 0 Å². The lowest BCUT2D eigenvalue weighted by molar-refractivity contribution is 0.124. The first kappa shape index (κ1) is 11.5. The summed E-state index contributed by atoms with van der Waals surface area (Å²) in [6.07, 6.45) is 4.60. The Labute approximate surface area is 97.4 Å². The number of hydrogen-bond donors (Lipinski definition) is 1. The lowest BCUT2D eigenvalue weighted by Gasteiger charge is -2.36. The fourth-order valence-electron chi connectivity index (χ4n) is 2.52. The van der Waals surface area contributed by atoms with E-state index in [1.54, 1.807) is 0 Å². The lowest BCUT2D eigenvalue weighted by atomic mass is 9.93. The maximum atomic E-state index is 5.59. The molecule has 1 fully saturated rings. The zero-order valence-electron chi connectivity index (χ0n) is 10.3. The van der Waals surface area contributed by atoms with Crippen molar-refractivity contribution in [3.05, 3.63) is 12.3 Å². The smallest absolute Gasteiger partial charge is 0.145 e. The second-order valence-electron chi connectivity index (χ2n) is 5.02. The highest BCUT2D eigenvalue weighted by atomic mass is 15.3. The molecule has 0 bridgehead atoms. The Morgan fingerprint density at radius 3 is 2.88 bits per heavy atom. The predicted molar refractivity (Wildman–Crippen MR) is 66.1 cm³/mol. The van der Waals surface area contributed by atoms with Crippen LogP contribution in [0.2, 0.25) is 0 Å². The molecule has 1 aromatic rings. The molecule has 90 valence electrons. The van der Waals surface area contributed by atoms with Gasteiger partial charge in [0.1, 0.15) is 5.82 Å². The molecule has 1 aromatic heterocycles. The number of rotatable bonds is 3. The third-order valence-electron chi connectivity index (χ3n) is 3.55. The first-order chi connectivity index (χ1) is 7.65. The van der Waals surface area contributed by atoms with Crippen molar-refractivity contribution in [3.63, 3.8) is 0 Å². The highest BCUT2D eigenvalue weighted by Crippen LogP contribution is 2.21. The monoisotopic (exact) mass is 222 g/mol. The molecular formula is C12H22N4. The zero-order chi connectivity index (χ0) is 11.5. The lowest BCUT2D eigenvalue weighted by Crippen LogP contribution is -2.41. The van der Waals surface area contributed by atoms with Gasteiger partial charge in [-0.3, -0.25) is 9.58 Å². The Bertz CT molecular complexity index is 334. The molecule has 1 saturated heterocycles. The molecule has 1 aliphatic rings. The number of anilines is 1. The summed E-state index contributed by atoms with van der Waals surface area (Å²) >= 11 is 0. The van der Waals surface area contributed by atoms with Crippen molar-refractivity contribution in [1.82, 2.24) is 14.7 Å². The van der Waals surface area contributed by atoms with Crippen molar-refractivity contribution in [2.24, 2.45) is 5.92 Å². The van der Waals surface area contributed by atoms with Crippen LogP contribution < -0.4 is 5.73 Å². The van der Waals surface area contributed by atoms with E-state index < -0.39 is 0 Å². The molecule has 2 unspecified atom stereocenters. The van der Waals surface area contributed by atoms with Gasteiger partial charge in [0.15, 0.2) is 0 Å². The molecule has 0 spiro atoms. The van der Waals surface area contributed by atoms with Crippen molar-refractivity contribution < 1.29 is 0 Å². The Kier molecular flexibility index (Phi) is 3.49. The normalized spacial score (nSPS) is 27.1. The van der Waals surface area contributed by atoms with Gasteiger partial charge in [0.2, 0.25) is 0 Å². The van der Waals surface area contributed by atoms with Gasteiger partial charge in [0, 0.05) is 18.8 Å². The number of nitrogens with zero attached hydrogens (tertiary/aromatic N) is 3. The molecule has 0 aromatic carbocycles. The Morgan fingerprint density at radius 1 is 1.44 bits per heavy atom. The molecule has 16 heavy (non-hydrogen) atoms. The van der Waals surface area contributed by atoms with Crippen LogP contribution in [0, 0.1) is 5.92 Å². The summed E-state index contributed by atoms with van der Waals surface area (Å²) in [6, 6.07) is 2.55. The van der Waals surface area contributed by atoms with E-state index in [4.69, 9.17) is 5.73 Å². The molecule has 2 heterocycles. The van der Waals surface area contributed by atoms with E-state index in [1.807, 2.05) is 16.9 Å². The number of nitrogens with two attached hydrogens (primary N) is 1. The standard InChI is InChI=1S/C12H22N4/c1-10-3-5-15(11(2)9-10)7-8-16-6-4-12(13)14-16/h4,6,10-11H,3,5,7-9H2,1-2H3,(H2,13,14). The summed E-state index contributed by atoms with van der Waals surface area (Å²) in [5.41, 5.74) is 5.59. The molecule has 0 amide bonds. The van der Waals surface area contributed by atoms with E-state index in [9.17, 15) is 0 Å². The van der Waals surface area contributed by atoms with E-state index in [2.05, 4.69) is 23.8 Å². The van der Waals surface area contributed by atoms with Crippen molar-refractivity contribution in [2.45, 2.75) is 39.3 Å². The Morgan fingerprint density at radius 2 is 2.25 bits per heavy atom. The van der Waals surface area contributed by atoms with Gasteiger partial charge >= 0.3 is 0 Å². The third kappa shape index (κ3) is 2.76. The molecule has 1 aliphatic heterocycles. The highest BCUT2D eigenvalue weighted by molar-refractivity contribution is 5.23. The van der Waals surface area contributed by atoms with Crippen LogP contribution in [-0.2, 0) is 6.54 Å². The van der Waals surface area contributed by atoms with Gasteiger partial charge < -0.3 is 5.73 Å².